The Morgan fingerprint density at radius 1 is 1.33 bits per heavy atom. The molecule has 1 fully saturated rings. The van der Waals surface area contributed by atoms with Crippen molar-refractivity contribution in [3.8, 4) is 12.3 Å². The second-order valence-electron chi connectivity index (χ2n) is 7.09. The molecular formula is C21H21ClN2O2S. The molecule has 0 spiro atoms. The van der Waals surface area contributed by atoms with E-state index in [1.807, 2.05) is 12.1 Å². The molecule has 6 heteroatoms. The standard InChI is InChI=1S/C21H21ClN2O2S/c1-6-8-23-19(25)18(27-20(23)26)10-14-9-15-13(3)12-21(4,5)24(7-2)17(15)11-16(14)22/h1,9-12H,7-8H2,2-5H3/b18-10+. The summed E-state index contributed by atoms with van der Waals surface area (Å²) in [6.45, 7) is 9.36. The van der Waals surface area contributed by atoms with Gasteiger partial charge in [0.05, 0.1) is 17.0 Å². The molecule has 4 nitrogen and oxygen atoms in total. The molecule has 1 aromatic rings. The zero-order valence-corrected chi connectivity index (χ0v) is 17.4. The van der Waals surface area contributed by atoms with E-state index in [4.69, 9.17) is 18.0 Å². The molecule has 3 rings (SSSR count). The number of allylic oxidation sites excluding steroid dienone is 1. The molecule has 2 heterocycles. The minimum Gasteiger partial charge on any atom is -0.363 e. The molecule has 27 heavy (non-hydrogen) atoms. The average Bonchev–Trinajstić information content (AvgIpc) is 2.84. The maximum absolute atomic E-state index is 12.4. The van der Waals surface area contributed by atoms with Gasteiger partial charge in [-0.25, -0.2) is 0 Å². The highest BCUT2D eigenvalue weighted by Crippen LogP contribution is 2.42. The Morgan fingerprint density at radius 2 is 2.04 bits per heavy atom. The van der Waals surface area contributed by atoms with Crippen LogP contribution in [0, 0.1) is 12.3 Å². The van der Waals surface area contributed by atoms with Crippen molar-refractivity contribution >= 4 is 51.8 Å². The van der Waals surface area contributed by atoms with E-state index in [0.717, 1.165) is 40.0 Å². The smallest absolute Gasteiger partial charge is 0.294 e. The summed E-state index contributed by atoms with van der Waals surface area (Å²) < 4.78 is 0. The molecule has 1 aromatic carbocycles. The van der Waals surface area contributed by atoms with Gasteiger partial charge in [-0.2, -0.15) is 0 Å². The Labute approximate surface area is 169 Å². The zero-order chi connectivity index (χ0) is 19.9. The van der Waals surface area contributed by atoms with Gasteiger partial charge in [0.15, 0.2) is 0 Å². The Morgan fingerprint density at radius 3 is 2.67 bits per heavy atom. The van der Waals surface area contributed by atoms with E-state index >= 15 is 0 Å². The lowest BCUT2D eigenvalue weighted by Crippen LogP contribution is -2.44. The summed E-state index contributed by atoms with van der Waals surface area (Å²) in [5.74, 6) is 1.96. The SMILES string of the molecule is C#CCN1C(=O)S/C(=C/c2cc3c(cc2Cl)N(CC)C(C)(C)C=C3C)C1=O. The predicted octanol–water partition coefficient (Wildman–Crippen LogP) is 5.03. The molecule has 0 N–H and O–H groups in total. The highest BCUT2D eigenvalue weighted by atomic mass is 35.5. The van der Waals surface area contributed by atoms with Crippen molar-refractivity contribution < 1.29 is 9.59 Å². The molecule has 0 unspecified atom stereocenters. The fourth-order valence-corrected chi connectivity index (χ4v) is 4.71. The van der Waals surface area contributed by atoms with Crippen LogP contribution < -0.4 is 4.90 Å². The quantitative estimate of drug-likeness (QED) is 0.527. The third kappa shape index (κ3) is 3.40. The fourth-order valence-electron chi connectivity index (χ4n) is 3.67. The minimum absolute atomic E-state index is 0.0255. The molecule has 1 saturated heterocycles. The van der Waals surface area contributed by atoms with Gasteiger partial charge in [0.25, 0.3) is 11.1 Å². The van der Waals surface area contributed by atoms with E-state index in [0.29, 0.717) is 15.5 Å². The first-order valence-corrected chi connectivity index (χ1v) is 9.89. The van der Waals surface area contributed by atoms with Crippen molar-refractivity contribution in [2.24, 2.45) is 0 Å². The number of fused-ring (bicyclic) bond motifs is 1. The average molecular weight is 401 g/mol. The largest absolute Gasteiger partial charge is 0.363 e. The van der Waals surface area contributed by atoms with Gasteiger partial charge in [-0.15, -0.1) is 6.42 Å². The van der Waals surface area contributed by atoms with E-state index in [9.17, 15) is 9.59 Å². The fraction of sp³-hybridized carbons (Fsp3) is 0.333. The van der Waals surface area contributed by atoms with Crippen LogP contribution in [0.25, 0.3) is 11.6 Å². The maximum atomic E-state index is 12.4. The number of carbonyl (C=O) groups excluding carboxylic acids is 2. The number of thioether (sulfide) groups is 1. The van der Waals surface area contributed by atoms with E-state index < -0.39 is 0 Å². The summed E-state index contributed by atoms with van der Waals surface area (Å²) in [4.78, 5) is 28.1. The van der Waals surface area contributed by atoms with Crippen LogP contribution in [0.5, 0.6) is 0 Å². The van der Waals surface area contributed by atoms with Gasteiger partial charge in [-0.05, 0) is 68.8 Å². The van der Waals surface area contributed by atoms with Gasteiger partial charge < -0.3 is 4.90 Å². The normalized spacial score (nSPS) is 20.0. The Balaban J connectivity index is 2.06. The van der Waals surface area contributed by atoms with Gasteiger partial charge in [-0.3, -0.25) is 14.5 Å². The van der Waals surface area contributed by atoms with Crippen LogP contribution in [0.4, 0.5) is 10.5 Å². The second kappa shape index (κ2) is 7.10. The first-order valence-electron chi connectivity index (χ1n) is 8.69. The van der Waals surface area contributed by atoms with E-state index in [2.05, 4.69) is 44.6 Å². The Bertz CT molecular complexity index is 940. The Kier molecular flexibility index (Phi) is 5.16. The third-order valence-electron chi connectivity index (χ3n) is 4.82. The number of rotatable bonds is 3. The van der Waals surface area contributed by atoms with Crippen molar-refractivity contribution in [1.82, 2.24) is 4.90 Å². The number of benzene rings is 1. The maximum Gasteiger partial charge on any atom is 0.294 e. The summed E-state index contributed by atoms with van der Waals surface area (Å²) >= 11 is 7.43. The number of likely N-dealkylation sites (N-methyl/N-ethyl adjacent to an activating group) is 1. The number of anilines is 1. The van der Waals surface area contributed by atoms with Crippen molar-refractivity contribution in [3.05, 3.63) is 39.3 Å². The predicted molar refractivity (Wildman–Crippen MR) is 114 cm³/mol. The number of hydrogen-bond donors (Lipinski definition) is 0. The number of nitrogens with zero attached hydrogens (tertiary/aromatic N) is 2. The topological polar surface area (TPSA) is 40.6 Å². The van der Waals surface area contributed by atoms with Crippen LogP contribution in [0.3, 0.4) is 0 Å². The number of carbonyl (C=O) groups is 2. The van der Waals surface area contributed by atoms with Crippen molar-refractivity contribution in [2.75, 3.05) is 18.0 Å². The van der Waals surface area contributed by atoms with Crippen LogP contribution in [0.15, 0.2) is 23.1 Å². The molecule has 0 atom stereocenters. The molecule has 2 aliphatic heterocycles. The van der Waals surface area contributed by atoms with Crippen LogP contribution in [0.2, 0.25) is 5.02 Å². The van der Waals surface area contributed by atoms with Gasteiger partial charge in [0.1, 0.15) is 0 Å². The first kappa shape index (κ1) is 19.6. The summed E-state index contributed by atoms with van der Waals surface area (Å²) in [6.07, 6.45) is 9.15. The number of terminal acetylenes is 1. The van der Waals surface area contributed by atoms with Gasteiger partial charge in [-0.1, -0.05) is 23.6 Å². The van der Waals surface area contributed by atoms with E-state index in [-0.39, 0.29) is 23.2 Å². The molecule has 0 saturated carbocycles. The Hall–Kier alpha value is -2.16. The molecule has 0 radical (unpaired) electrons. The molecule has 2 amide bonds. The lowest BCUT2D eigenvalue weighted by molar-refractivity contribution is -0.122. The van der Waals surface area contributed by atoms with Crippen LogP contribution in [-0.2, 0) is 4.79 Å². The van der Waals surface area contributed by atoms with E-state index in [1.165, 1.54) is 0 Å². The van der Waals surface area contributed by atoms with Crippen molar-refractivity contribution in [3.63, 3.8) is 0 Å². The summed E-state index contributed by atoms with van der Waals surface area (Å²) in [7, 11) is 0. The van der Waals surface area contributed by atoms with Crippen LogP contribution >= 0.6 is 23.4 Å². The van der Waals surface area contributed by atoms with Gasteiger partial charge >= 0.3 is 0 Å². The highest BCUT2D eigenvalue weighted by molar-refractivity contribution is 8.18. The molecule has 2 aliphatic rings. The molecule has 140 valence electrons. The lowest BCUT2D eigenvalue weighted by atomic mass is 9.88. The third-order valence-corrected chi connectivity index (χ3v) is 6.06. The molecule has 0 aliphatic carbocycles. The second-order valence-corrected chi connectivity index (χ2v) is 8.49. The number of hydrogen-bond acceptors (Lipinski definition) is 4. The monoisotopic (exact) mass is 400 g/mol. The molecule has 0 aromatic heterocycles. The first-order chi connectivity index (χ1) is 12.7. The number of amides is 2. The number of imide groups is 1. The summed E-state index contributed by atoms with van der Waals surface area (Å²) in [5.41, 5.74) is 3.92. The number of halogens is 1. The summed E-state index contributed by atoms with van der Waals surface area (Å²) in [5, 5.41) is 0.190. The highest BCUT2D eigenvalue weighted by Gasteiger charge is 2.35. The zero-order valence-electron chi connectivity index (χ0n) is 15.8. The molecule has 0 bridgehead atoms. The van der Waals surface area contributed by atoms with E-state index in [1.54, 1.807) is 6.08 Å². The van der Waals surface area contributed by atoms with Crippen LogP contribution in [0.1, 0.15) is 38.8 Å². The van der Waals surface area contributed by atoms with Gasteiger partial charge in [0, 0.05) is 22.8 Å². The summed E-state index contributed by atoms with van der Waals surface area (Å²) in [6, 6.07) is 3.92. The van der Waals surface area contributed by atoms with Crippen molar-refractivity contribution in [2.45, 2.75) is 33.2 Å². The van der Waals surface area contributed by atoms with Crippen LogP contribution in [-0.4, -0.2) is 34.7 Å². The molecular weight excluding hydrogens is 380 g/mol. The van der Waals surface area contributed by atoms with Crippen molar-refractivity contribution in [1.29, 1.82) is 0 Å². The van der Waals surface area contributed by atoms with Gasteiger partial charge in [0.2, 0.25) is 0 Å². The minimum atomic E-state index is -0.375. The lowest BCUT2D eigenvalue weighted by Gasteiger charge is -2.43.